The Morgan fingerprint density at radius 1 is 1.40 bits per heavy atom. The smallest absolute Gasteiger partial charge is 0.243 e. The van der Waals surface area contributed by atoms with Gasteiger partial charge in [0.2, 0.25) is 15.9 Å². The SMILES string of the molecule is C[C@H](C(=O)NCCN1CCOCC1)N(c1cccc(Cl)c1)S(C)(=O)=O. The third-order valence-corrected chi connectivity index (χ3v) is 5.46. The van der Waals surface area contributed by atoms with E-state index in [1.807, 2.05) is 0 Å². The Bertz CT molecular complexity index is 692. The van der Waals surface area contributed by atoms with Crippen LogP contribution >= 0.6 is 11.6 Å². The van der Waals surface area contributed by atoms with E-state index in [1.165, 1.54) is 6.07 Å². The van der Waals surface area contributed by atoms with E-state index in [2.05, 4.69) is 10.2 Å². The number of halogens is 1. The summed E-state index contributed by atoms with van der Waals surface area (Å²) in [5.74, 6) is -0.348. The molecule has 1 amide bonds. The molecule has 0 unspecified atom stereocenters. The first-order valence-electron chi connectivity index (χ1n) is 8.12. The quantitative estimate of drug-likeness (QED) is 0.751. The van der Waals surface area contributed by atoms with Crippen molar-refractivity contribution in [3.8, 4) is 0 Å². The molecule has 1 saturated heterocycles. The fourth-order valence-electron chi connectivity index (χ4n) is 2.73. The Hall–Kier alpha value is -1.35. The van der Waals surface area contributed by atoms with Crippen LogP contribution in [0.5, 0.6) is 0 Å². The zero-order valence-corrected chi connectivity index (χ0v) is 16.0. The normalized spacial score (nSPS) is 17.1. The van der Waals surface area contributed by atoms with Crippen molar-refractivity contribution in [3.05, 3.63) is 29.3 Å². The summed E-state index contributed by atoms with van der Waals surface area (Å²) in [5, 5.41) is 3.21. The lowest BCUT2D eigenvalue weighted by molar-refractivity contribution is -0.121. The topological polar surface area (TPSA) is 79.0 Å². The second-order valence-corrected chi connectivity index (χ2v) is 8.26. The fourth-order valence-corrected chi connectivity index (χ4v) is 4.08. The maximum absolute atomic E-state index is 12.4. The van der Waals surface area contributed by atoms with E-state index in [0.29, 0.717) is 37.0 Å². The van der Waals surface area contributed by atoms with Crippen molar-refractivity contribution >= 4 is 33.2 Å². The van der Waals surface area contributed by atoms with Gasteiger partial charge in [0.25, 0.3) is 0 Å². The highest BCUT2D eigenvalue weighted by atomic mass is 35.5. The first-order valence-corrected chi connectivity index (χ1v) is 10.3. The average Bonchev–Trinajstić information content (AvgIpc) is 2.54. The van der Waals surface area contributed by atoms with Crippen LogP contribution in [0, 0.1) is 0 Å². The van der Waals surface area contributed by atoms with Crippen molar-refractivity contribution in [2.75, 3.05) is 50.0 Å². The first kappa shape index (κ1) is 20.0. The van der Waals surface area contributed by atoms with Gasteiger partial charge < -0.3 is 10.1 Å². The first-order chi connectivity index (χ1) is 11.8. The Kier molecular flexibility index (Phi) is 7.06. The van der Waals surface area contributed by atoms with Gasteiger partial charge in [-0.15, -0.1) is 0 Å². The molecule has 1 N–H and O–H groups in total. The predicted molar refractivity (Wildman–Crippen MR) is 98.5 cm³/mol. The number of carbonyl (C=O) groups excluding carboxylic acids is 1. The molecule has 0 radical (unpaired) electrons. The van der Waals surface area contributed by atoms with Gasteiger partial charge in [0.05, 0.1) is 25.2 Å². The van der Waals surface area contributed by atoms with Gasteiger partial charge in [0, 0.05) is 31.2 Å². The Balaban J connectivity index is 2.00. The van der Waals surface area contributed by atoms with Gasteiger partial charge in [-0.3, -0.25) is 14.0 Å². The van der Waals surface area contributed by atoms with Gasteiger partial charge >= 0.3 is 0 Å². The fraction of sp³-hybridized carbons (Fsp3) is 0.562. The van der Waals surface area contributed by atoms with Crippen LogP contribution < -0.4 is 9.62 Å². The van der Waals surface area contributed by atoms with Crippen molar-refractivity contribution in [3.63, 3.8) is 0 Å². The molecule has 2 rings (SSSR count). The van der Waals surface area contributed by atoms with Crippen molar-refractivity contribution in [2.24, 2.45) is 0 Å². The Morgan fingerprint density at radius 3 is 2.68 bits per heavy atom. The molecule has 0 bridgehead atoms. The number of carbonyl (C=O) groups is 1. The molecule has 9 heteroatoms. The van der Waals surface area contributed by atoms with E-state index in [9.17, 15) is 13.2 Å². The molecule has 140 valence electrons. The summed E-state index contributed by atoms with van der Waals surface area (Å²) >= 11 is 5.96. The molecular weight excluding hydrogens is 366 g/mol. The maximum Gasteiger partial charge on any atom is 0.243 e. The van der Waals surface area contributed by atoms with E-state index in [0.717, 1.165) is 23.7 Å². The molecule has 0 saturated carbocycles. The molecule has 1 aromatic carbocycles. The van der Waals surface area contributed by atoms with Crippen LogP contribution in [0.2, 0.25) is 5.02 Å². The molecule has 1 fully saturated rings. The number of morpholine rings is 1. The molecule has 0 spiro atoms. The third-order valence-electron chi connectivity index (χ3n) is 3.98. The zero-order chi connectivity index (χ0) is 18.4. The molecule has 25 heavy (non-hydrogen) atoms. The van der Waals surface area contributed by atoms with Crippen LogP contribution in [-0.4, -0.2) is 70.9 Å². The number of benzene rings is 1. The Morgan fingerprint density at radius 2 is 2.08 bits per heavy atom. The second-order valence-electron chi connectivity index (χ2n) is 5.96. The largest absolute Gasteiger partial charge is 0.379 e. The number of anilines is 1. The van der Waals surface area contributed by atoms with E-state index >= 15 is 0 Å². The van der Waals surface area contributed by atoms with Crippen LogP contribution in [0.25, 0.3) is 0 Å². The summed E-state index contributed by atoms with van der Waals surface area (Å²) in [5.41, 5.74) is 0.367. The molecule has 0 aromatic heterocycles. The van der Waals surface area contributed by atoms with Crippen molar-refractivity contribution in [2.45, 2.75) is 13.0 Å². The van der Waals surface area contributed by atoms with Gasteiger partial charge in [-0.2, -0.15) is 0 Å². The number of ether oxygens (including phenoxy) is 1. The summed E-state index contributed by atoms with van der Waals surface area (Å²) in [4.78, 5) is 14.6. The zero-order valence-electron chi connectivity index (χ0n) is 14.4. The number of rotatable bonds is 7. The summed E-state index contributed by atoms with van der Waals surface area (Å²) in [7, 11) is -3.64. The molecular formula is C16H24ClN3O4S. The number of sulfonamides is 1. The number of hydrogen-bond acceptors (Lipinski definition) is 5. The van der Waals surface area contributed by atoms with Crippen molar-refractivity contribution < 1.29 is 17.9 Å². The second kappa shape index (κ2) is 8.84. The maximum atomic E-state index is 12.4. The lowest BCUT2D eigenvalue weighted by Crippen LogP contribution is -2.49. The molecule has 1 atom stereocenters. The van der Waals surface area contributed by atoms with E-state index in [1.54, 1.807) is 25.1 Å². The molecule has 1 aliphatic heterocycles. The average molecular weight is 390 g/mol. The predicted octanol–water partition coefficient (Wildman–Crippen LogP) is 0.943. The molecule has 1 aliphatic rings. The lowest BCUT2D eigenvalue weighted by atomic mass is 10.2. The lowest BCUT2D eigenvalue weighted by Gasteiger charge is -2.29. The van der Waals surface area contributed by atoms with Crippen LogP contribution in [-0.2, 0) is 19.6 Å². The molecule has 1 heterocycles. The summed E-state index contributed by atoms with van der Waals surface area (Å²) in [6.45, 7) is 5.79. The Labute approximate surface area is 153 Å². The minimum absolute atomic E-state index is 0.348. The van der Waals surface area contributed by atoms with E-state index in [-0.39, 0.29) is 5.91 Å². The van der Waals surface area contributed by atoms with Crippen molar-refractivity contribution in [1.29, 1.82) is 0 Å². The number of hydrogen-bond donors (Lipinski definition) is 1. The molecule has 1 aromatic rings. The number of nitrogens with one attached hydrogen (secondary N) is 1. The number of nitrogens with zero attached hydrogens (tertiary/aromatic N) is 2. The van der Waals surface area contributed by atoms with E-state index in [4.69, 9.17) is 16.3 Å². The molecule has 0 aliphatic carbocycles. The monoisotopic (exact) mass is 389 g/mol. The summed E-state index contributed by atoms with van der Waals surface area (Å²) in [6.07, 6.45) is 1.07. The highest BCUT2D eigenvalue weighted by molar-refractivity contribution is 7.92. The highest BCUT2D eigenvalue weighted by Crippen LogP contribution is 2.24. The molecule has 7 nitrogen and oxygen atoms in total. The third kappa shape index (κ3) is 5.85. The van der Waals surface area contributed by atoms with Gasteiger partial charge in [-0.25, -0.2) is 8.42 Å². The van der Waals surface area contributed by atoms with Gasteiger partial charge in [0.1, 0.15) is 6.04 Å². The highest BCUT2D eigenvalue weighted by Gasteiger charge is 2.29. The number of amides is 1. The minimum atomic E-state index is -3.64. The van der Waals surface area contributed by atoms with Crippen molar-refractivity contribution in [1.82, 2.24) is 10.2 Å². The van der Waals surface area contributed by atoms with Gasteiger partial charge in [-0.1, -0.05) is 17.7 Å². The summed E-state index contributed by atoms with van der Waals surface area (Å²) in [6, 6.07) is 5.57. The van der Waals surface area contributed by atoms with Gasteiger partial charge in [-0.05, 0) is 25.1 Å². The van der Waals surface area contributed by atoms with Crippen LogP contribution in [0.4, 0.5) is 5.69 Å². The van der Waals surface area contributed by atoms with E-state index < -0.39 is 16.1 Å². The van der Waals surface area contributed by atoms with Crippen LogP contribution in [0.15, 0.2) is 24.3 Å². The van der Waals surface area contributed by atoms with Gasteiger partial charge in [0.15, 0.2) is 0 Å². The standard InChI is InChI=1S/C16H24ClN3O4S/c1-13(16(21)18-6-7-19-8-10-24-11-9-19)20(25(2,22)23)15-5-3-4-14(17)12-15/h3-5,12-13H,6-11H2,1-2H3,(H,18,21)/t13-/m1/s1. The summed E-state index contributed by atoms with van der Waals surface area (Å²) < 4.78 is 30.7. The van der Waals surface area contributed by atoms with Crippen LogP contribution in [0.3, 0.4) is 0 Å². The van der Waals surface area contributed by atoms with Crippen LogP contribution in [0.1, 0.15) is 6.92 Å². The minimum Gasteiger partial charge on any atom is -0.379 e.